The summed E-state index contributed by atoms with van der Waals surface area (Å²) in [4.78, 5) is 33.2. The average molecular weight is 318 g/mol. The minimum absolute atomic E-state index is 0.00110. The number of aliphatic carboxylic acids is 2. The molecule has 0 radical (unpaired) electrons. The molecule has 1 saturated carbocycles. The predicted octanol–water partition coefficient (Wildman–Crippen LogP) is 1.28. The maximum atomic E-state index is 11.8. The van der Waals surface area contributed by atoms with E-state index in [1.165, 1.54) is 6.42 Å². The molecular weight excluding hydrogens is 296 g/mol. The third kappa shape index (κ3) is 5.82. The van der Waals surface area contributed by atoms with Crippen LogP contribution in [0.15, 0.2) is 0 Å². The molecule has 120 valence electrons. The molecule has 4 N–H and O–H groups in total. The molecule has 1 atom stereocenters. The second-order valence-electron chi connectivity index (χ2n) is 5.26. The Balaban J connectivity index is 2.48. The van der Waals surface area contributed by atoms with Gasteiger partial charge in [-0.15, -0.1) is 0 Å². The maximum Gasteiger partial charge on any atom is 0.326 e. The summed E-state index contributed by atoms with van der Waals surface area (Å²) in [7, 11) is 0. The van der Waals surface area contributed by atoms with E-state index in [1.54, 1.807) is 11.8 Å². The van der Waals surface area contributed by atoms with Gasteiger partial charge in [0.15, 0.2) is 0 Å². The van der Waals surface area contributed by atoms with Gasteiger partial charge < -0.3 is 20.8 Å². The molecule has 0 heterocycles. The molecule has 0 aromatic heterocycles. The number of urea groups is 1. The smallest absolute Gasteiger partial charge is 0.326 e. The van der Waals surface area contributed by atoms with E-state index in [0.717, 1.165) is 25.7 Å². The quantitative estimate of drug-likeness (QED) is 0.562. The van der Waals surface area contributed by atoms with Crippen LogP contribution in [0.3, 0.4) is 0 Å². The van der Waals surface area contributed by atoms with E-state index in [1.807, 2.05) is 6.26 Å². The van der Waals surface area contributed by atoms with Crippen molar-refractivity contribution in [1.82, 2.24) is 10.6 Å². The summed E-state index contributed by atoms with van der Waals surface area (Å²) < 4.78 is 0.00110. The molecule has 1 aliphatic carbocycles. The summed E-state index contributed by atoms with van der Waals surface area (Å²) in [5, 5.41) is 22.4. The van der Waals surface area contributed by atoms with Gasteiger partial charge in [-0.1, -0.05) is 19.3 Å². The Labute approximate surface area is 127 Å². The van der Waals surface area contributed by atoms with Crippen molar-refractivity contribution in [1.29, 1.82) is 0 Å². The first kappa shape index (κ1) is 17.6. The molecule has 0 aliphatic heterocycles. The van der Waals surface area contributed by atoms with Gasteiger partial charge in [-0.25, -0.2) is 9.59 Å². The van der Waals surface area contributed by atoms with E-state index in [2.05, 4.69) is 10.6 Å². The third-order valence-electron chi connectivity index (χ3n) is 3.75. The van der Waals surface area contributed by atoms with Gasteiger partial charge in [0, 0.05) is 11.3 Å². The zero-order chi connectivity index (χ0) is 15.9. The SMILES string of the molecule is CSC1(CNC(=O)N[C@@H](CC(=O)O)C(=O)O)CCCCC1. The van der Waals surface area contributed by atoms with Gasteiger partial charge in [-0.3, -0.25) is 4.79 Å². The Morgan fingerprint density at radius 2 is 1.81 bits per heavy atom. The molecule has 1 aliphatic rings. The lowest BCUT2D eigenvalue weighted by Gasteiger charge is -2.35. The molecule has 7 nitrogen and oxygen atoms in total. The van der Waals surface area contributed by atoms with E-state index in [-0.39, 0.29) is 4.75 Å². The fourth-order valence-corrected chi connectivity index (χ4v) is 3.39. The molecule has 1 rings (SSSR count). The Bertz CT molecular complexity index is 396. The normalized spacial score (nSPS) is 18.5. The van der Waals surface area contributed by atoms with Crippen LogP contribution in [0.2, 0.25) is 0 Å². The van der Waals surface area contributed by atoms with Gasteiger partial charge in [0.05, 0.1) is 6.42 Å². The van der Waals surface area contributed by atoms with Gasteiger partial charge in [-0.2, -0.15) is 11.8 Å². The van der Waals surface area contributed by atoms with Crippen molar-refractivity contribution in [3.8, 4) is 0 Å². The first-order valence-electron chi connectivity index (χ1n) is 6.93. The number of amides is 2. The third-order valence-corrected chi connectivity index (χ3v) is 5.17. The summed E-state index contributed by atoms with van der Waals surface area (Å²) in [6.07, 6.45) is 6.86. The van der Waals surface area contributed by atoms with Crippen molar-refractivity contribution < 1.29 is 24.6 Å². The summed E-state index contributed by atoms with van der Waals surface area (Å²) >= 11 is 1.72. The van der Waals surface area contributed by atoms with Crippen LogP contribution in [0.1, 0.15) is 38.5 Å². The fourth-order valence-electron chi connectivity index (χ4n) is 2.47. The molecule has 8 heteroatoms. The standard InChI is InChI=1S/C13H22N2O5S/c1-21-13(5-3-2-4-6-13)8-14-12(20)15-9(11(18)19)7-10(16)17/h9H,2-8H2,1H3,(H,16,17)(H,18,19)(H2,14,15,20)/t9-/m0/s1. The number of thioether (sulfide) groups is 1. The summed E-state index contributed by atoms with van der Waals surface area (Å²) in [6, 6.07) is -2.05. The Morgan fingerprint density at radius 1 is 1.19 bits per heavy atom. The molecule has 0 bridgehead atoms. The number of carbonyl (C=O) groups is 3. The molecule has 1 fully saturated rings. The molecule has 0 unspecified atom stereocenters. The van der Waals surface area contributed by atoms with E-state index < -0.39 is 30.4 Å². The van der Waals surface area contributed by atoms with Gasteiger partial charge in [0.2, 0.25) is 0 Å². The zero-order valence-electron chi connectivity index (χ0n) is 12.1. The highest BCUT2D eigenvalue weighted by Gasteiger charge is 2.32. The molecular formula is C13H22N2O5S. The van der Waals surface area contributed by atoms with Crippen molar-refractivity contribution in [2.24, 2.45) is 0 Å². The van der Waals surface area contributed by atoms with Gasteiger partial charge in [0.1, 0.15) is 6.04 Å². The van der Waals surface area contributed by atoms with E-state index >= 15 is 0 Å². The lowest BCUT2D eigenvalue weighted by Crippen LogP contribution is -2.50. The van der Waals surface area contributed by atoms with Crippen LogP contribution in [0.5, 0.6) is 0 Å². The molecule has 0 spiro atoms. The highest BCUT2D eigenvalue weighted by Crippen LogP contribution is 2.37. The second kappa shape index (κ2) is 8.11. The molecule has 21 heavy (non-hydrogen) atoms. The highest BCUT2D eigenvalue weighted by atomic mass is 32.2. The lowest BCUT2D eigenvalue weighted by molar-refractivity contribution is -0.145. The molecule has 0 aromatic carbocycles. The molecule has 2 amide bonds. The maximum absolute atomic E-state index is 11.8. The van der Waals surface area contributed by atoms with Crippen molar-refractivity contribution in [3.63, 3.8) is 0 Å². The summed E-state index contributed by atoms with van der Waals surface area (Å²) in [5.74, 6) is -2.62. The number of nitrogens with one attached hydrogen (secondary N) is 2. The largest absolute Gasteiger partial charge is 0.481 e. The van der Waals surface area contributed by atoms with Crippen molar-refractivity contribution in [3.05, 3.63) is 0 Å². The van der Waals surface area contributed by atoms with Crippen LogP contribution in [0, 0.1) is 0 Å². The van der Waals surface area contributed by atoms with Crippen LogP contribution < -0.4 is 10.6 Å². The van der Waals surface area contributed by atoms with E-state index in [9.17, 15) is 14.4 Å². The minimum Gasteiger partial charge on any atom is -0.481 e. The predicted molar refractivity (Wildman–Crippen MR) is 79.5 cm³/mol. The highest BCUT2D eigenvalue weighted by molar-refractivity contribution is 8.00. The second-order valence-corrected chi connectivity index (χ2v) is 6.54. The van der Waals surface area contributed by atoms with Crippen LogP contribution >= 0.6 is 11.8 Å². The van der Waals surface area contributed by atoms with Gasteiger partial charge in [0.25, 0.3) is 0 Å². The van der Waals surface area contributed by atoms with Crippen molar-refractivity contribution in [2.75, 3.05) is 12.8 Å². The molecule has 0 aromatic rings. The number of hydrogen-bond donors (Lipinski definition) is 4. The Kier molecular flexibility index (Phi) is 6.80. The monoisotopic (exact) mass is 318 g/mol. The fraction of sp³-hybridized carbons (Fsp3) is 0.769. The number of carbonyl (C=O) groups excluding carboxylic acids is 1. The first-order valence-corrected chi connectivity index (χ1v) is 8.15. The van der Waals surface area contributed by atoms with Gasteiger partial charge in [-0.05, 0) is 19.1 Å². The van der Waals surface area contributed by atoms with Crippen molar-refractivity contribution >= 4 is 29.7 Å². The van der Waals surface area contributed by atoms with Crippen LogP contribution in [-0.2, 0) is 9.59 Å². The lowest BCUT2D eigenvalue weighted by atomic mass is 9.88. The number of hydrogen-bond acceptors (Lipinski definition) is 4. The number of carboxylic acids is 2. The Hall–Kier alpha value is -1.44. The number of carboxylic acid groups (broad SMARTS) is 2. The van der Waals surface area contributed by atoms with Crippen LogP contribution in [0.25, 0.3) is 0 Å². The van der Waals surface area contributed by atoms with Crippen LogP contribution in [-0.4, -0.2) is 51.8 Å². The minimum atomic E-state index is -1.42. The molecule has 0 saturated heterocycles. The Morgan fingerprint density at radius 3 is 2.29 bits per heavy atom. The number of rotatable bonds is 7. The average Bonchev–Trinajstić information content (AvgIpc) is 2.45. The zero-order valence-corrected chi connectivity index (χ0v) is 12.9. The van der Waals surface area contributed by atoms with Gasteiger partial charge >= 0.3 is 18.0 Å². The first-order chi connectivity index (χ1) is 9.88. The summed E-state index contributed by atoms with van der Waals surface area (Å²) in [5.41, 5.74) is 0. The van der Waals surface area contributed by atoms with E-state index in [4.69, 9.17) is 10.2 Å². The van der Waals surface area contributed by atoms with Crippen molar-refractivity contribution in [2.45, 2.75) is 49.3 Å². The van der Waals surface area contributed by atoms with E-state index in [0.29, 0.717) is 6.54 Å². The topological polar surface area (TPSA) is 116 Å². The summed E-state index contributed by atoms with van der Waals surface area (Å²) in [6.45, 7) is 0.458. The van der Waals surface area contributed by atoms with Crippen LogP contribution in [0.4, 0.5) is 4.79 Å².